The number of aromatic amines is 1. The van der Waals surface area contributed by atoms with Crippen molar-refractivity contribution in [3.8, 4) is 0 Å². The first-order chi connectivity index (χ1) is 8.13. The number of hydrogen-bond acceptors (Lipinski definition) is 2. The second kappa shape index (κ2) is 4.90. The van der Waals surface area contributed by atoms with Gasteiger partial charge in [-0.3, -0.25) is 0 Å². The van der Waals surface area contributed by atoms with Gasteiger partial charge in [0.1, 0.15) is 0 Å². The molecule has 0 saturated heterocycles. The molecule has 0 aliphatic rings. The molecule has 0 radical (unpaired) electrons. The number of hydrogen-bond donors (Lipinski definition) is 3. The van der Waals surface area contributed by atoms with Crippen LogP contribution in [0.15, 0.2) is 24.3 Å². The summed E-state index contributed by atoms with van der Waals surface area (Å²) in [5.41, 5.74) is 9.69. The number of rotatable bonds is 4. The van der Waals surface area contributed by atoms with Gasteiger partial charge in [0.05, 0.1) is 0 Å². The Balaban J connectivity index is 2.48. The first-order valence-electron chi connectivity index (χ1n) is 6.13. The van der Waals surface area contributed by atoms with Crippen LogP contribution in [0.3, 0.4) is 0 Å². The van der Waals surface area contributed by atoms with E-state index in [2.05, 4.69) is 48.4 Å². The van der Waals surface area contributed by atoms with Crippen molar-refractivity contribution in [2.75, 3.05) is 7.05 Å². The van der Waals surface area contributed by atoms with E-state index in [1.165, 1.54) is 22.2 Å². The molecule has 1 aromatic heterocycles. The highest BCUT2D eigenvalue weighted by Crippen LogP contribution is 2.29. The molecule has 3 heteroatoms. The van der Waals surface area contributed by atoms with E-state index in [9.17, 15) is 0 Å². The summed E-state index contributed by atoms with van der Waals surface area (Å²) in [4.78, 5) is 3.43. The topological polar surface area (TPSA) is 53.8 Å². The van der Waals surface area contributed by atoms with E-state index in [0.717, 1.165) is 6.42 Å². The van der Waals surface area contributed by atoms with Gasteiger partial charge in [-0.25, -0.2) is 0 Å². The van der Waals surface area contributed by atoms with Crippen molar-refractivity contribution in [3.05, 3.63) is 35.5 Å². The van der Waals surface area contributed by atoms with E-state index in [4.69, 9.17) is 5.73 Å². The van der Waals surface area contributed by atoms with E-state index >= 15 is 0 Å². The zero-order valence-electron chi connectivity index (χ0n) is 10.7. The number of benzene rings is 1. The normalized spacial score (nSPS) is 15.1. The largest absolute Gasteiger partial charge is 0.358 e. The highest BCUT2D eigenvalue weighted by Gasteiger charge is 2.18. The quantitative estimate of drug-likeness (QED) is 0.757. The zero-order valence-corrected chi connectivity index (χ0v) is 10.7. The van der Waals surface area contributed by atoms with Crippen molar-refractivity contribution in [3.63, 3.8) is 0 Å². The number of aromatic nitrogens is 1. The molecule has 92 valence electrons. The third-order valence-corrected chi connectivity index (χ3v) is 3.25. The smallest absolute Gasteiger partial charge is 0.0459 e. The summed E-state index contributed by atoms with van der Waals surface area (Å²) in [7, 11) is 1.99. The van der Waals surface area contributed by atoms with Crippen molar-refractivity contribution >= 4 is 10.9 Å². The third kappa shape index (κ3) is 2.35. The summed E-state index contributed by atoms with van der Waals surface area (Å²) in [5, 5.41) is 4.67. The van der Waals surface area contributed by atoms with E-state index in [1.54, 1.807) is 0 Å². The predicted molar refractivity (Wildman–Crippen MR) is 73.1 cm³/mol. The molecule has 0 fully saturated rings. The molecule has 2 unspecified atom stereocenters. The Morgan fingerprint density at radius 3 is 2.71 bits per heavy atom. The zero-order chi connectivity index (χ0) is 12.4. The average Bonchev–Trinajstić information content (AvgIpc) is 2.62. The molecule has 0 saturated carbocycles. The van der Waals surface area contributed by atoms with Crippen LogP contribution in [-0.4, -0.2) is 18.1 Å². The molecule has 2 atom stereocenters. The van der Waals surface area contributed by atoms with Crippen molar-refractivity contribution in [2.24, 2.45) is 5.73 Å². The Labute approximate surface area is 102 Å². The molecule has 2 rings (SSSR count). The van der Waals surface area contributed by atoms with E-state index < -0.39 is 0 Å². The molecule has 0 aliphatic heterocycles. The maximum absolute atomic E-state index is 5.92. The number of aryl methyl sites for hydroxylation is 1. The highest BCUT2D eigenvalue weighted by molar-refractivity contribution is 5.85. The number of para-hydroxylation sites is 1. The fourth-order valence-electron chi connectivity index (χ4n) is 2.50. The summed E-state index contributed by atoms with van der Waals surface area (Å²) in [5.74, 6) is 0. The van der Waals surface area contributed by atoms with Gasteiger partial charge < -0.3 is 16.0 Å². The van der Waals surface area contributed by atoms with Gasteiger partial charge >= 0.3 is 0 Å². The van der Waals surface area contributed by atoms with Crippen LogP contribution in [0.25, 0.3) is 10.9 Å². The summed E-state index contributed by atoms with van der Waals surface area (Å²) in [6, 6.07) is 8.93. The molecule has 1 aromatic carbocycles. The van der Waals surface area contributed by atoms with Gasteiger partial charge in [0.25, 0.3) is 0 Å². The van der Waals surface area contributed by atoms with Crippen LogP contribution in [0, 0.1) is 6.92 Å². The first-order valence-corrected chi connectivity index (χ1v) is 6.13. The summed E-state index contributed by atoms with van der Waals surface area (Å²) < 4.78 is 0. The Kier molecular flexibility index (Phi) is 3.50. The summed E-state index contributed by atoms with van der Waals surface area (Å²) in [6.07, 6.45) is 0.944. The van der Waals surface area contributed by atoms with Crippen LogP contribution < -0.4 is 11.1 Å². The molecule has 0 aliphatic carbocycles. The molecular weight excluding hydrogens is 210 g/mol. The SMILES string of the molecule is CNC(CC(C)N)c1c(C)[nH]c2ccccc12. The third-order valence-electron chi connectivity index (χ3n) is 3.25. The van der Waals surface area contributed by atoms with Crippen LogP contribution in [0.5, 0.6) is 0 Å². The van der Waals surface area contributed by atoms with Gasteiger partial charge in [-0.15, -0.1) is 0 Å². The molecule has 3 nitrogen and oxygen atoms in total. The van der Waals surface area contributed by atoms with Gasteiger partial charge in [0.15, 0.2) is 0 Å². The van der Waals surface area contributed by atoms with Crippen molar-refractivity contribution in [2.45, 2.75) is 32.4 Å². The van der Waals surface area contributed by atoms with Gasteiger partial charge in [0, 0.05) is 28.7 Å². The number of H-pyrrole nitrogens is 1. The molecule has 4 N–H and O–H groups in total. The molecule has 0 spiro atoms. The van der Waals surface area contributed by atoms with Crippen LogP contribution >= 0.6 is 0 Å². The summed E-state index contributed by atoms with van der Waals surface area (Å²) in [6.45, 7) is 4.18. The molecule has 0 amide bonds. The number of nitrogens with two attached hydrogens (primary N) is 1. The van der Waals surface area contributed by atoms with E-state index in [-0.39, 0.29) is 6.04 Å². The Hall–Kier alpha value is -1.32. The second-order valence-corrected chi connectivity index (χ2v) is 4.76. The van der Waals surface area contributed by atoms with Crippen LogP contribution in [0.4, 0.5) is 0 Å². The van der Waals surface area contributed by atoms with Crippen molar-refractivity contribution < 1.29 is 0 Å². The minimum absolute atomic E-state index is 0.195. The Bertz CT molecular complexity index is 499. The highest BCUT2D eigenvalue weighted by atomic mass is 14.9. The van der Waals surface area contributed by atoms with Crippen LogP contribution in [0.2, 0.25) is 0 Å². The van der Waals surface area contributed by atoms with Gasteiger partial charge in [0.2, 0.25) is 0 Å². The van der Waals surface area contributed by atoms with E-state index in [1.807, 2.05) is 7.05 Å². The number of nitrogens with one attached hydrogen (secondary N) is 2. The molecule has 17 heavy (non-hydrogen) atoms. The molecule has 2 aromatic rings. The second-order valence-electron chi connectivity index (χ2n) is 4.76. The lowest BCUT2D eigenvalue weighted by molar-refractivity contribution is 0.500. The van der Waals surface area contributed by atoms with Crippen molar-refractivity contribution in [1.29, 1.82) is 0 Å². The average molecular weight is 231 g/mol. The fourth-order valence-corrected chi connectivity index (χ4v) is 2.50. The maximum Gasteiger partial charge on any atom is 0.0459 e. The maximum atomic E-state index is 5.92. The van der Waals surface area contributed by atoms with Crippen molar-refractivity contribution in [1.82, 2.24) is 10.3 Å². The minimum Gasteiger partial charge on any atom is -0.358 e. The molecular formula is C14H21N3. The first kappa shape index (κ1) is 12.1. The fraction of sp³-hybridized carbons (Fsp3) is 0.429. The standard InChI is InChI=1S/C14H21N3/c1-9(15)8-13(16-3)14-10(2)17-12-7-5-4-6-11(12)14/h4-7,9,13,16-17H,8,15H2,1-3H3. The predicted octanol–water partition coefficient (Wildman–Crippen LogP) is 2.47. The van der Waals surface area contributed by atoms with Gasteiger partial charge in [-0.1, -0.05) is 18.2 Å². The number of fused-ring (bicyclic) bond motifs is 1. The Morgan fingerprint density at radius 2 is 2.06 bits per heavy atom. The lowest BCUT2D eigenvalue weighted by atomic mass is 9.97. The monoisotopic (exact) mass is 231 g/mol. The van der Waals surface area contributed by atoms with E-state index in [0.29, 0.717) is 6.04 Å². The summed E-state index contributed by atoms with van der Waals surface area (Å²) >= 11 is 0. The lowest BCUT2D eigenvalue weighted by Gasteiger charge is -2.19. The van der Waals surface area contributed by atoms with Gasteiger partial charge in [-0.2, -0.15) is 0 Å². The minimum atomic E-state index is 0.195. The Morgan fingerprint density at radius 1 is 1.35 bits per heavy atom. The molecule has 0 bridgehead atoms. The lowest BCUT2D eigenvalue weighted by Crippen LogP contribution is -2.26. The molecule has 1 heterocycles. The van der Waals surface area contributed by atoms with Crippen LogP contribution in [0.1, 0.15) is 30.6 Å². The van der Waals surface area contributed by atoms with Gasteiger partial charge in [-0.05, 0) is 38.9 Å². The van der Waals surface area contributed by atoms with Crippen LogP contribution in [-0.2, 0) is 0 Å².